The summed E-state index contributed by atoms with van der Waals surface area (Å²) in [4.78, 5) is 17.2. The van der Waals surface area contributed by atoms with Gasteiger partial charge in [0, 0.05) is 19.1 Å². The number of piperidine rings is 3. The Hall–Kier alpha value is -0.320. The second-order valence-corrected chi connectivity index (χ2v) is 6.53. The minimum atomic E-state index is 0. The monoisotopic (exact) mass is 301 g/mol. The predicted octanol–water partition coefficient (Wildman–Crippen LogP) is 1.49. The van der Waals surface area contributed by atoms with Crippen molar-refractivity contribution in [3.05, 3.63) is 0 Å². The molecule has 3 heterocycles. The number of halogens is 1. The van der Waals surface area contributed by atoms with Gasteiger partial charge >= 0.3 is 0 Å². The van der Waals surface area contributed by atoms with E-state index in [2.05, 4.69) is 22.2 Å². The van der Waals surface area contributed by atoms with E-state index in [1.807, 2.05) is 0 Å². The Morgan fingerprint density at radius 2 is 1.95 bits per heavy atom. The average Bonchev–Trinajstić information content (AvgIpc) is 2.47. The van der Waals surface area contributed by atoms with Gasteiger partial charge < -0.3 is 15.1 Å². The first kappa shape index (κ1) is 16.1. The molecule has 20 heavy (non-hydrogen) atoms. The lowest BCUT2D eigenvalue weighted by Gasteiger charge is -2.46. The van der Waals surface area contributed by atoms with Crippen LogP contribution in [-0.2, 0) is 4.79 Å². The molecule has 3 rings (SSSR count). The molecule has 3 atom stereocenters. The van der Waals surface area contributed by atoms with Gasteiger partial charge in [-0.3, -0.25) is 4.79 Å². The standard InChI is InChI=1S/C15H27N3O.ClH/c1-17-9-4-5-12-11-18(10-7-14(12)17)15(19)13-6-2-3-8-16-13;/h12-14,16H,2-11H2,1H3;1H/t12?,13-,14?;/m0./s1. The minimum Gasteiger partial charge on any atom is -0.341 e. The van der Waals surface area contributed by atoms with E-state index in [0.717, 1.165) is 32.1 Å². The number of nitrogens with zero attached hydrogens (tertiary/aromatic N) is 2. The maximum absolute atomic E-state index is 12.6. The number of hydrogen-bond donors (Lipinski definition) is 1. The molecular weight excluding hydrogens is 274 g/mol. The van der Waals surface area contributed by atoms with Crippen LogP contribution in [0.4, 0.5) is 0 Å². The van der Waals surface area contributed by atoms with Gasteiger partial charge in [-0.05, 0) is 58.2 Å². The van der Waals surface area contributed by atoms with Crippen LogP contribution in [0.2, 0.25) is 0 Å². The Labute approximate surface area is 128 Å². The molecule has 0 radical (unpaired) electrons. The SMILES string of the molecule is CN1CCCC2CN(C(=O)[C@@H]3CCCCN3)CCC21.Cl. The minimum absolute atomic E-state index is 0. The zero-order valence-corrected chi connectivity index (χ0v) is 13.3. The first-order valence-corrected chi connectivity index (χ1v) is 7.98. The summed E-state index contributed by atoms with van der Waals surface area (Å²) in [6, 6.07) is 0.823. The van der Waals surface area contributed by atoms with Crippen molar-refractivity contribution in [3.8, 4) is 0 Å². The van der Waals surface area contributed by atoms with Crippen LogP contribution in [0.15, 0.2) is 0 Å². The summed E-state index contributed by atoms with van der Waals surface area (Å²) in [7, 11) is 2.25. The van der Waals surface area contributed by atoms with Gasteiger partial charge in [0.05, 0.1) is 6.04 Å². The average molecular weight is 302 g/mol. The highest BCUT2D eigenvalue weighted by Gasteiger charge is 2.37. The Balaban J connectivity index is 0.00000147. The van der Waals surface area contributed by atoms with Crippen LogP contribution in [0.1, 0.15) is 38.5 Å². The summed E-state index contributed by atoms with van der Waals surface area (Å²) >= 11 is 0. The zero-order valence-electron chi connectivity index (χ0n) is 12.5. The molecule has 0 bridgehead atoms. The molecule has 0 spiro atoms. The molecule has 0 aromatic heterocycles. The van der Waals surface area contributed by atoms with Crippen LogP contribution in [0.5, 0.6) is 0 Å². The van der Waals surface area contributed by atoms with E-state index >= 15 is 0 Å². The van der Waals surface area contributed by atoms with Crippen LogP contribution in [0.3, 0.4) is 0 Å². The molecule has 1 amide bonds. The predicted molar refractivity (Wildman–Crippen MR) is 83.2 cm³/mol. The lowest BCUT2D eigenvalue weighted by Crippen LogP contribution is -2.57. The fraction of sp³-hybridized carbons (Fsp3) is 0.933. The number of hydrogen-bond acceptors (Lipinski definition) is 3. The van der Waals surface area contributed by atoms with Gasteiger partial charge in [-0.25, -0.2) is 0 Å². The zero-order chi connectivity index (χ0) is 13.2. The highest BCUT2D eigenvalue weighted by Crippen LogP contribution is 2.30. The van der Waals surface area contributed by atoms with E-state index in [-0.39, 0.29) is 18.4 Å². The van der Waals surface area contributed by atoms with Crippen molar-refractivity contribution in [1.82, 2.24) is 15.1 Å². The molecule has 116 valence electrons. The van der Waals surface area contributed by atoms with Crippen LogP contribution in [0.25, 0.3) is 0 Å². The van der Waals surface area contributed by atoms with Crippen molar-refractivity contribution in [2.75, 3.05) is 33.2 Å². The van der Waals surface area contributed by atoms with Gasteiger partial charge in [0.15, 0.2) is 0 Å². The Morgan fingerprint density at radius 3 is 2.70 bits per heavy atom. The molecule has 4 nitrogen and oxygen atoms in total. The van der Waals surface area contributed by atoms with E-state index in [4.69, 9.17) is 0 Å². The third kappa shape index (κ3) is 3.29. The second kappa shape index (κ2) is 7.10. The van der Waals surface area contributed by atoms with Gasteiger partial charge in [-0.2, -0.15) is 0 Å². The lowest BCUT2D eigenvalue weighted by molar-refractivity contribution is -0.137. The first-order chi connectivity index (χ1) is 9.25. The number of rotatable bonds is 1. The van der Waals surface area contributed by atoms with Crippen molar-refractivity contribution in [2.24, 2.45) is 5.92 Å². The summed E-state index contributed by atoms with van der Waals surface area (Å²) in [5.74, 6) is 1.08. The molecule has 2 unspecified atom stereocenters. The summed E-state index contributed by atoms with van der Waals surface area (Å²) < 4.78 is 0. The highest BCUT2D eigenvalue weighted by atomic mass is 35.5. The first-order valence-electron chi connectivity index (χ1n) is 7.98. The molecule has 3 fully saturated rings. The molecule has 3 aliphatic rings. The highest BCUT2D eigenvalue weighted by molar-refractivity contribution is 5.85. The summed E-state index contributed by atoms with van der Waals surface area (Å²) in [5.41, 5.74) is 0. The fourth-order valence-electron chi connectivity index (χ4n) is 4.14. The van der Waals surface area contributed by atoms with E-state index in [0.29, 0.717) is 11.8 Å². The molecule has 1 N–H and O–H groups in total. The summed E-state index contributed by atoms with van der Waals surface area (Å²) in [6.07, 6.45) is 7.21. The van der Waals surface area contributed by atoms with Gasteiger partial charge in [0.1, 0.15) is 0 Å². The topological polar surface area (TPSA) is 35.6 Å². The third-order valence-electron chi connectivity index (χ3n) is 5.27. The molecule has 3 saturated heterocycles. The van der Waals surface area contributed by atoms with Gasteiger partial charge in [-0.15, -0.1) is 12.4 Å². The van der Waals surface area contributed by atoms with Crippen molar-refractivity contribution < 1.29 is 4.79 Å². The molecular formula is C15H28ClN3O. The Kier molecular flexibility index (Phi) is 5.70. The van der Waals surface area contributed by atoms with E-state index in [1.165, 1.54) is 38.6 Å². The van der Waals surface area contributed by atoms with E-state index in [9.17, 15) is 4.79 Å². The second-order valence-electron chi connectivity index (χ2n) is 6.53. The molecule has 0 saturated carbocycles. The normalized spacial score (nSPS) is 35.0. The van der Waals surface area contributed by atoms with Gasteiger partial charge in [0.25, 0.3) is 0 Å². The number of amides is 1. The molecule has 0 aliphatic carbocycles. The van der Waals surface area contributed by atoms with Gasteiger partial charge in [-0.1, -0.05) is 6.42 Å². The number of likely N-dealkylation sites (tertiary alicyclic amines) is 2. The maximum Gasteiger partial charge on any atom is 0.239 e. The third-order valence-corrected chi connectivity index (χ3v) is 5.27. The molecule has 5 heteroatoms. The number of nitrogens with one attached hydrogen (secondary N) is 1. The van der Waals surface area contributed by atoms with Crippen LogP contribution < -0.4 is 5.32 Å². The van der Waals surface area contributed by atoms with Crippen LogP contribution >= 0.6 is 12.4 Å². The quantitative estimate of drug-likeness (QED) is 0.797. The largest absolute Gasteiger partial charge is 0.341 e. The maximum atomic E-state index is 12.6. The Morgan fingerprint density at radius 1 is 1.10 bits per heavy atom. The molecule has 3 aliphatic heterocycles. The van der Waals surface area contributed by atoms with Crippen molar-refractivity contribution in [2.45, 2.75) is 50.6 Å². The van der Waals surface area contributed by atoms with Crippen LogP contribution in [-0.4, -0.2) is 61.0 Å². The molecule has 0 aromatic carbocycles. The van der Waals surface area contributed by atoms with E-state index < -0.39 is 0 Å². The molecule has 0 aromatic rings. The van der Waals surface area contributed by atoms with Crippen molar-refractivity contribution in [3.63, 3.8) is 0 Å². The lowest BCUT2D eigenvalue weighted by atomic mass is 9.84. The van der Waals surface area contributed by atoms with E-state index in [1.54, 1.807) is 0 Å². The summed E-state index contributed by atoms with van der Waals surface area (Å²) in [5, 5.41) is 3.40. The van der Waals surface area contributed by atoms with Gasteiger partial charge in [0.2, 0.25) is 5.91 Å². The number of fused-ring (bicyclic) bond motifs is 1. The smallest absolute Gasteiger partial charge is 0.239 e. The number of carbonyl (C=O) groups excluding carboxylic acids is 1. The Bertz CT molecular complexity index is 333. The number of carbonyl (C=O) groups is 1. The van der Waals surface area contributed by atoms with Crippen LogP contribution in [0, 0.1) is 5.92 Å². The van der Waals surface area contributed by atoms with Crippen molar-refractivity contribution >= 4 is 18.3 Å². The fourth-order valence-corrected chi connectivity index (χ4v) is 4.14. The summed E-state index contributed by atoms with van der Waals surface area (Å²) in [6.45, 7) is 4.20. The van der Waals surface area contributed by atoms with Crippen molar-refractivity contribution in [1.29, 1.82) is 0 Å².